The van der Waals surface area contributed by atoms with Gasteiger partial charge in [-0.25, -0.2) is 32.2 Å². The summed E-state index contributed by atoms with van der Waals surface area (Å²) in [6.07, 6.45) is 9.30. The Morgan fingerprint density at radius 1 is 1.06 bits per heavy atom. The Hall–Kier alpha value is -3.73. The quantitative estimate of drug-likeness (QED) is 0.415. The number of anilines is 1. The van der Waals surface area contributed by atoms with Crippen LogP contribution in [0.4, 0.5) is 14.5 Å². The summed E-state index contributed by atoms with van der Waals surface area (Å²) >= 11 is 0. The molecule has 1 saturated carbocycles. The predicted molar refractivity (Wildman–Crippen MR) is 117 cm³/mol. The van der Waals surface area contributed by atoms with E-state index in [1.165, 1.54) is 6.20 Å². The van der Waals surface area contributed by atoms with Crippen LogP contribution in [0.1, 0.15) is 40.5 Å². The molecule has 0 unspecified atom stereocenters. The van der Waals surface area contributed by atoms with Crippen LogP contribution in [-0.4, -0.2) is 40.4 Å². The van der Waals surface area contributed by atoms with E-state index in [9.17, 15) is 22.0 Å². The van der Waals surface area contributed by atoms with Crippen LogP contribution in [0.2, 0.25) is 0 Å². The van der Waals surface area contributed by atoms with Crippen LogP contribution in [0.25, 0.3) is 22.2 Å². The number of hydrogen-bond acceptors (Lipinski definition) is 6. The van der Waals surface area contributed by atoms with Gasteiger partial charge < -0.3 is 4.98 Å². The SMILES string of the molecule is CS(=O)(=O)Nc1c(F)ccc(C(=O)c2c[nH]c3ncc(-c4cnc(C5CC5)nc4)cc23)c1F. The van der Waals surface area contributed by atoms with Gasteiger partial charge in [-0.2, -0.15) is 0 Å². The number of H-pyrrole nitrogens is 1. The molecule has 3 aromatic heterocycles. The molecule has 3 heterocycles. The summed E-state index contributed by atoms with van der Waals surface area (Å²) < 4.78 is 53.7. The number of aromatic amines is 1. The lowest BCUT2D eigenvalue weighted by atomic mass is 10.0. The van der Waals surface area contributed by atoms with Crippen LogP contribution in [0, 0.1) is 11.6 Å². The number of sulfonamides is 1. The average Bonchev–Trinajstić information content (AvgIpc) is 3.54. The molecule has 11 heteroatoms. The van der Waals surface area contributed by atoms with E-state index in [4.69, 9.17) is 0 Å². The number of halogens is 2. The highest BCUT2D eigenvalue weighted by molar-refractivity contribution is 7.92. The van der Waals surface area contributed by atoms with Gasteiger partial charge in [-0.3, -0.25) is 9.52 Å². The highest BCUT2D eigenvalue weighted by Crippen LogP contribution is 2.38. The number of nitrogens with one attached hydrogen (secondary N) is 2. The van der Waals surface area contributed by atoms with E-state index in [-0.39, 0.29) is 5.56 Å². The number of benzene rings is 1. The zero-order valence-corrected chi connectivity index (χ0v) is 18.1. The van der Waals surface area contributed by atoms with Gasteiger partial charge in [0.1, 0.15) is 23.0 Å². The summed E-state index contributed by atoms with van der Waals surface area (Å²) in [6, 6.07) is 3.51. The van der Waals surface area contributed by atoms with Gasteiger partial charge in [0.15, 0.2) is 11.6 Å². The van der Waals surface area contributed by atoms with E-state index in [0.717, 1.165) is 37.1 Å². The largest absolute Gasteiger partial charge is 0.345 e. The monoisotopic (exact) mass is 469 g/mol. The summed E-state index contributed by atoms with van der Waals surface area (Å²) in [7, 11) is -3.96. The number of carbonyl (C=O) groups is 1. The highest BCUT2D eigenvalue weighted by Gasteiger charge is 2.26. The first-order chi connectivity index (χ1) is 15.7. The van der Waals surface area contributed by atoms with Crippen LogP contribution in [0.15, 0.2) is 43.0 Å². The minimum absolute atomic E-state index is 0.102. The van der Waals surface area contributed by atoms with Crippen molar-refractivity contribution < 1.29 is 22.0 Å². The van der Waals surface area contributed by atoms with Crippen LogP contribution in [-0.2, 0) is 10.0 Å². The summed E-state index contributed by atoms with van der Waals surface area (Å²) in [4.78, 5) is 29.1. The Kier molecular flexibility index (Phi) is 4.93. The van der Waals surface area contributed by atoms with Crippen molar-refractivity contribution in [2.75, 3.05) is 11.0 Å². The van der Waals surface area contributed by atoms with Crippen molar-refractivity contribution >= 4 is 32.5 Å². The Morgan fingerprint density at radius 3 is 2.42 bits per heavy atom. The summed E-state index contributed by atoms with van der Waals surface area (Å²) in [5, 5.41) is 0.421. The zero-order valence-electron chi connectivity index (χ0n) is 17.3. The fourth-order valence-corrected chi connectivity index (χ4v) is 4.10. The third-order valence-electron chi connectivity index (χ3n) is 5.35. The first-order valence-corrected chi connectivity index (χ1v) is 11.9. The van der Waals surface area contributed by atoms with Crippen molar-refractivity contribution in [3.8, 4) is 11.1 Å². The average molecular weight is 469 g/mol. The molecule has 5 rings (SSSR count). The van der Waals surface area contributed by atoms with Crippen molar-refractivity contribution in [3.05, 3.63) is 71.6 Å². The molecule has 1 aliphatic carbocycles. The third-order valence-corrected chi connectivity index (χ3v) is 5.92. The summed E-state index contributed by atoms with van der Waals surface area (Å²) in [5.74, 6) is -1.97. The molecule has 0 aliphatic heterocycles. The second-order valence-corrected chi connectivity index (χ2v) is 9.66. The van der Waals surface area contributed by atoms with E-state index in [2.05, 4.69) is 19.9 Å². The summed E-state index contributed by atoms with van der Waals surface area (Å²) in [6.45, 7) is 0. The predicted octanol–water partition coefficient (Wildman–Crippen LogP) is 3.78. The molecule has 0 spiro atoms. The van der Waals surface area contributed by atoms with Gasteiger partial charge in [0.2, 0.25) is 10.0 Å². The number of carbonyl (C=O) groups excluding carboxylic acids is 1. The van der Waals surface area contributed by atoms with Crippen molar-refractivity contribution in [1.82, 2.24) is 19.9 Å². The van der Waals surface area contributed by atoms with E-state index < -0.39 is 38.7 Å². The normalized spacial score (nSPS) is 13.9. The first-order valence-electron chi connectivity index (χ1n) is 10.0. The number of ketones is 1. The molecular formula is C22H17F2N5O3S. The molecule has 8 nitrogen and oxygen atoms in total. The molecular weight excluding hydrogens is 452 g/mol. The Balaban J connectivity index is 1.54. The topological polar surface area (TPSA) is 118 Å². The van der Waals surface area contributed by atoms with E-state index in [1.807, 2.05) is 0 Å². The minimum atomic E-state index is -3.96. The molecule has 1 aliphatic rings. The molecule has 33 heavy (non-hydrogen) atoms. The van der Waals surface area contributed by atoms with E-state index in [0.29, 0.717) is 28.1 Å². The maximum absolute atomic E-state index is 14.9. The molecule has 0 radical (unpaired) electrons. The third kappa shape index (κ3) is 4.07. The molecule has 1 aromatic carbocycles. The van der Waals surface area contributed by atoms with Gasteiger partial charge in [0.25, 0.3) is 0 Å². The lowest BCUT2D eigenvalue weighted by Crippen LogP contribution is -2.15. The fourth-order valence-electron chi connectivity index (χ4n) is 3.54. The number of nitrogens with zero attached hydrogens (tertiary/aromatic N) is 3. The van der Waals surface area contributed by atoms with Crippen molar-refractivity contribution in [2.24, 2.45) is 0 Å². The van der Waals surface area contributed by atoms with Crippen LogP contribution in [0.3, 0.4) is 0 Å². The van der Waals surface area contributed by atoms with Gasteiger partial charge in [-0.1, -0.05) is 0 Å². The van der Waals surface area contributed by atoms with Crippen LogP contribution in [0.5, 0.6) is 0 Å². The number of pyridine rings is 1. The highest BCUT2D eigenvalue weighted by atomic mass is 32.2. The van der Waals surface area contributed by atoms with Gasteiger partial charge in [-0.15, -0.1) is 0 Å². The maximum atomic E-state index is 14.9. The smallest absolute Gasteiger partial charge is 0.230 e. The van der Waals surface area contributed by atoms with E-state index in [1.54, 1.807) is 29.4 Å². The number of aromatic nitrogens is 4. The van der Waals surface area contributed by atoms with Gasteiger partial charge in [-0.05, 0) is 31.0 Å². The van der Waals surface area contributed by atoms with Gasteiger partial charge in [0.05, 0.1) is 11.8 Å². The number of fused-ring (bicyclic) bond motifs is 1. The summed E-state index contributed by atoms with van der Waals surface area (Å²) in [5.41, 5.74) is 0.486. The number of hydrogen-bond donors (Lipinski definition) is 2. The lowest BCUT2D eigenvalue weighted by Gasteiger charge is -2.10. The second kappa shape index (κ2) is 7.69. The second-order valence-electron chi connectivity index (χ2n) is 7.91. The molecule has 0 bridgehead atoms. The maximum Gasteiger partial charge on any atom is 0.230 e. The van der Waals surface area contributed by atoms with Crippen molar-refractivity contribution in [2.45, 2.75) is 18.8 Å². The molecule has 2 N–H and O–H groups in total. The zero-order chi connectivity index (χ0) is 23.3. The van der Waals surface area contributed by atoms with Crippen molar-refractivity contribution in [3.63, 3.8) is 0 Å². The Bertz CT molecular complexity index is 1510. The van der Waals surface area contributed by atoms with Crippen molar-refractivity contribution in [1.29, 1.82) is 0 Å². The Labute approximate surface area is 187 Å². The lowest BCUT2D eigenvalue weighted by molar-refractivity contribution is 0.103. The molecule has 0 atom stereocenters. The molecule has 168 valence electrons. The molecule has 0 amide bonds. The standard InChI is InChI=1S/C22H17F2N5O3S/c1-33(31,32)29-19-17(23)5-4-14(18(19)24)20(30)16-10-28-22-15(16)6-12(7-27-22)13-8-25-21(26-9-13)11-2-3-11/h4-11,29H,2-3H2,1H3,(H,27,28). The molecule has 0 saturated heterocycles. The van der Waals surface area contributed by atoms with Gasteiger partial charge >= 0.3 is 0 Å². The first kappa shape index (κ1) is 21.1. The van der Waals surface area contributed by atoms with E-state index >= 15 is 0 Å². The van der Waals surface area contributed by atoms with Crippen LogP contribution >= 0.6 is 0 Å². The number of rotatable bonds is 6. The van der Waals surface area contributed by atoms with Gasteiger partial charge in [0, 0.05) is 52.8 Å². The minimum Gasteiger partial charge on any atom is -0.345 e. The fraction of sp³-hybridized carbons (Fsp3) is 0.182. The Morgan fingerprint density at radius 2 is 1.76 bits per heavy atom. The van der Waals surface area contributed by atoms with Crippen LogP contribution < -0.4 is 4.72 Å². The molecule has 1 fully saturated rings. The molecule has 4 aromatic rings.